The van der Waals surface area contributed by atoms with Crippen LogP contribution in [-0.2, 0) is 0 Å². The number of amides is 3. The lowest BCUT2D eigenvalue weighted by molar-refractivity contribution is 0.0879. The molecule has 1 aliphatic rings. The van der Waals surface area contributed by atoms with Crippen LogP contribution in [0.25, 0.3) is 5.69 Å². The lowest BCUT2D eigenvalue weighted by Crippen LogP contribution is -2.26. The van der Waals surface area contributed by atoms with E-state index in [1.807, 2.05) is 0 Å². The summed E-state index contributed by atoms with van der Waals surface area (Å²) in [5, 5.41) is 4.78. The minimum atomic E-state index is -0.749. The van der Waals surface area contributed by atoms with Crippen molar-refractivity contribution in [1.82, 2.24) is 9.88 Å². The lowest BCUT2D eigenvalue weighted by Gasteiger charge is -2.16. The Morgan fingerprint density at radius 2 is 1.83 bits per heavy atom. The van der Waals surface area contributed by atoms with E-state index in [4.69, 9.17) is 17.3 Å². The first-order chi connectivity index (χ1) is 14.3. The van der Waals surface area contributed by atoms with Gasteiger partial charge in [-0.05, 0) is 36.4 Å². The van der Waals surface area contributed by atoms with E-state index in [0.29, 0.717) is 0 Å². The van der Waals surface area contributed by atoms with Crippen LogP contribution in [-0.4, -0.2) is 22.3 Å². The van der Waals surface area contributed by atoms with Gasteiger partial charge in [0, 0.05) is 16.8 Å². The second-order valence-electron chi connectivity index (χ2n) is 6.40. The molecule has 0 atom stereocenters. The molecule has 0 unspecified atom stereocenters. The number of rotatable bonds is 3. The first-order valence-corrected chi connectivity index (χ1v) is 8.92. The summed E-state index contributed by atoms with van der Waals surface area (Å²) in [6.07, 6.45) is 0. The van der Waals surface area contributed by atoms with Gasteiger partial charge in [0.2, 0.25) is 0 Å². The SMILES string of the molecule is Nc1c2c(cc(=O)n1-c1ccc(Cl)cc1C(=O)Nc1cccc(F)c1)C(=O)NC2=O. The summed E-state index contributed by atoms with van der Waals surface area (Å²) >= 11 is 6.02. The first kappa shape index (κ1) is 19.3. The van der Waals surface area contributed by atoms with Crippen molar-refractivity contribution >= 4 is 40.8 Å². The largest absolute Gasteiger partial charge is 0.384 e. The molecule has 3 amide bonds. The van der Waals surface area contributed by atoms with Crippen LogP contribution < -0.4 is 21.9 Å². The summed E-state index contributed by atoms with van der Waals surface area (Å²) < 4.78 is 14.4. The summed E-state index contributed by atoms with van der Waals surface area (Å²) in [5.74, 6) is -3.02. The molecule has 8 nitrogen and oxygen atoms in total. The molecule has 4 N–H and O–H groups in total. The minimum Gasteiger partial charge on any atom is -0.384 e. The quantitative estimate of drug-likeness (QED) is 0.555. The molecule has 1 aliphatic heterocycles. The van der Waals surface area contributed by atoms with E-state index in [-0.39, 0.29) is 38.9 Å². The predicted molar refractivity (Wildman–Crippen MR) is 108 cm³/mol. The van der Waals surface area contributed by atoms with Crippen LogP contribution in [0, 0.1) is 5.82 Å². The van der Waals surface area contributed by atoms with Gasteiger partial charge in [0.25, 0.3) is 23.3 Å². The van der Waals surface area contributed by atoms with Crippen LogP contribution in [0.3, 0.4) is 0 Å². The number of nitrogens with zero attached hydrogens (tertiary/aromatic N) is 1. The second kappa shape index (κ2) is 7.12. The van der Waals surface area contributed by atoms with Crippen molar-refractivity contribution in [3.05, 3.63) is 86.4 Å². The molecule has 0 fully saturated rings. The Balaban J connectivity index is 1.87. The van der Waals surface area contributed by atoms with Crippen molar-refractivity contribution in [1.29, 1.82) is 0 Å². The van der Waals surface area contributed by atoms with E-state index in [1.54, 1.807) is 0 Å². The number of hydrogen-bond acceptors (Lipinski definition) is 5. The Labute approximate surface area is 173 Å². The molecule has 150 valence electrons. The number of benzene rings is 2. The standard InChI is InChI=1S/C20H12ClFN4O4/c21-9-4-5-14(12(6-9)18(28)24-11-3-1-2-10(22)7-11)26-15(27)8-13-16(17(26)23)20(30)25-19(13)29/h1-8H,23H2,(H,24,28)(H,25,29,30). The number of imide groups is 1. The number of pyridine rings is 1. The molecule has 2 aromatic carbocycles. The van der Waals surface area contributed by atoms with Crippen molar-refractivity contribution in [2.45, 2.75) is 0 Å². The number of aromatic nitrogens is 1. The molecular formula is C20H12ClFN4O4. The third-order valence-corrected chi connectivity index (χ3v) is 4.72. The molecular weight excluding hydrogens is 415 g/mol. The fourth-order valence-electron chi connectivity index (χ4n) is 3.18. The number of nitrogens with one attached hydrogen (secondary N) is 2. The summed E-state index contributed by atoms with van der Waals surface area (Å²) in [6, 6.07) is 10.3. The Kier molecular flexibility index (Phi) is 4.59. The Hall–Kier alpha value is -3.98. The maximum absolute atomic E-state index is 13.4. The van der Waals surface area contributed by atoms with E-state index in [9.17, 15) is 23.6 Å². The number of anilines is 2. The number of halogens is 2. The van der Waals surface area contributed by atoms with Gasteiger partial charge in [-0.1, -0.05) is 17.7 Å². The minimum absolute atomic E-state index is 0.0331. The second-order valence-corrected chi connectivity index (χ2v) is 6.84. The monoisotopic (exact) mass is 426 g/mol. The predicted octanol–water partition coefficient (Wildman–Crippen LogP) is 2.35. The fourth-order valence-corrected chi connectivity index (χ4v) is 3.35. The normalized spacial score (nSPS) is 12.5. The van der Waals surface area contributed by atoms with Crippen LogP contribution in [0.5, 0.6) is 0 Å². The van der Waals surface area contributed by atoms with Gasteiger partial charge in [0.05, 0.1) is 22.4 Å². The number of carbonyl (C=O) groups excluding carboxylic acids is 3. The number of nitrogen functional groups attached to an aromatic ring is 1. The van der Waals surface area contributed by atoms with Crippen molar-refractivity contribution in [2.75, 3.05) is 11.1 Å². The van der Waals surface area contributed by atoms with Crippen molar-refractivity contribution in [2.24, 2.45) is 0 Å². The third-order valence-electron chi connectivity index (χ3n) is 4.48. The fraction of sp³-hybridized carbons (Fsp3) is 0. The molecule has 0 bridgehead atoms. The van der Waals surface area contributed by atoms with Crippen LogP contribution in [0.4, 0.5) is 15.9 Å². The number of hydrogen-bond donors (Lipinski definition) is 3. The van der Waals surface area contributed by atoms with E-state index < -0.39 is 29.1 Å². The van der Waals surface area contributed by atoms with Gasteiger partial charge in [0.1, 0.15) is 11.6 Å². The highest BCUT2D eigenvalue weighted by atomic mass is 35.5. The molecule has 0 spiro atoms. The molecule has 0 saturated carbocycles. The molecule has 3 aromatic rings. The molecule has 1 aromatic heterocycles. The van der Waals surface area contributed by atoms with E-state index in [0.717, 1.165) is 16.7 Å². The summed E-state index contributed by atoms with van der Waals surface area (Å²) in [7, 11) is 0. The molecule has 30 heavy (non-hydrogen) atoms. The Bertz CT molecular complexity index is 1320. The molecule has 4 rings (SSSR count). The number of fused-ring (bicyclic) bond motifs is 1. The van der Waals surface area contributed by atoms with Gasteiger partial charge in [0.15, 0.2) is 0 Å². The summed E-state index contributed by atoms with van der Waals surface area (Å²) in [4.78, 5) is 49.5. The first-order valence-electron chi connectivity index (χ1n) is 8.54. The van der Waals surface area contributed by atoms with Crippen molar-refractivity contribution < 1.29 is 18.8 Å². The zero-order valence-electron chi connectivity index (χ0n) is 15.0. The third kappa shape index (κ3) is 3.20. The maximum atomic E-state index is 13.4. The average Bonchev–Trinajstić information content (AvgIpc) is 2.96. The molecule has 10 heteroatoms. The van der Waals surface area contributed by atoms with Crippen LogP contribution in [0.15, 0.2) is 53.3 Å². The smallest absolute Gasteiger partial charge is 0.262 e. The molecule has 2 heterocycles. The summed E-state index contributed by atoms with van der Waals surface area (Å²) in [5.41, 5.74) is 5.18. The van der Waals surface area contributed by atoms with Gasteiger partial charge < -0.3 is 11.1 Å². The van der Waals surface area contributed by atoms with Crippen molar-refractivity contribution in [3.63, 3.8) is 0 Å². The van der Waals surface area contributed by atoms with E-state index in [1.165, 1.54) is 36.4 Å². The zero-order chi connectivity index (χ0) is 21.6. The molecule has 0 radical (unpaired) electrons. The van der Waals surface area contributed by atoms with Crippen LogP contribution in [0.1, 0.15) is 31.1 Å². The Morgan fingerprint density at radius 3 is 2.57 bits per heavy atom. The summed E-state index contributed by atoms with van der Waals surface area (Å²) in [6.45, 7) is 0. The van der Waals surface area contributed by atoms with Crippen molar-refractivity contribution in [3.8, 4) is 5.69 Å². The van der Waals surface area contributed by atoms with Gasteiger partial charge in [-0.25, -0.2) is 4.39 Å². The number of nitrogens with two attached hydrogens (primary N) is 1. The van der Waals surface area contributed by atoms with E-state index >= 15 is 0 Å². The van der Waals surface area contributed by atoms with Gasteiger partial charge in [-0.15, -0.1) is 0 Å². The van der Waals surface area contributed by atoms with E-state index in [2.05, 4.69) is 10.6 Å². The van der Waals surface area contributed by atoms with Crippen LogP contribution in [0.2, 0.25) is 5.02 Å². The molecule has 0 saturated heterocycles. The van der Waals surface area contributed by atoms with Gasteiger partial charge in [-0.2, -0.15) is 0 Å². The molecule has 0 aliphatic carbocycles. The zero-order valence-corrected chi connectivity index (χ0v) is 15.8. The number of carbonyl (C=O) groups is 3. The van der Waals surface area contributed by atoms with Gasteiger partial charge in [-0.3, -0.25) is 29.1 Å². The van der Waals surface area contributed by atoms with Crippen LogP contribution >= 0.6 is 11.6 Å². The average molecular weight is 427 g/mol. The lowest BCUT2D eigenvalue weighted by atomic mass is 10.1. The van der Waals surface area contributed by atoms with Gasteiger partial charge >= 0.3 is 0 Å². The maximum Gasteiger partial charge on any atom is 0.262 e. The topological polar surface area (TPSA) is 123 Å². The Morgan fingerprint density at radius 1 is 1.07 bits per heavy atom. The highest BCUT2D eigenvalue weighted by Gasteiger charge is 2.32. The highest BCUT2D eigenvalue weighted by Crippen LogP contribution is 2.26. The highest BCUT2D eigenvalue weighted by molar-refractivity contribution is 6.31.